The van der Waals surface area contributed by atoms with E-state index in [4.69, 9.17) is 9.47 Å². The maximum Gasteiger partial charge on any atom is 0.161 e. The molecule has 0 bridgehead atoms. The first-order valence-corrected chi connectivity index (χ1v) is 7.23. The van der Waals surface area contributed by atoms with Gasteiger partial charge in [-0.2, -0.15) is 11.3 Å². The third-order valence-electron chi connectivity index (χ3n) is 2.84. The number of rotatable bonds is 7. The molecule has 1 aromatic carbocycles. The fourth-order valence-electron chi connectivity index (χ4n) is 1.86. The van der Waals surface area contributed by atoms with Crippen LogP contribution in [0.2, 0.25) is 0 Å². The van der Waals surface area contributed by atoms with Crippen LogP contribution < -0.4 is 14.8 Å². The molecule has 1 aromatic heterocycles. The highest BCUT2D eigenvalue weighted by atomic mass is 32.1. The molecule has 0 radical (unpaired) electrons. The number of benzene rings is 1. The lowest BCUT2D eigenvalue weighted by Crippen LogP contribution is -2.06. The minimum absolute atomic E-state index is 0.665. The molecule has 0 aliphatic rings. The lowest BCUT2D eigenvalue weighted by molar-refractivity contribution is 0.297. The Morgan fingerprint density at radius 1 is 1.16 bits per heavy atom. The molecule has 0 amide bonds. The molecule has 0 saturated heterocycles. The van der Waals surface area contributed by atoms with Gasteiger partial charge in [0.15, 0.2) is 11.5 Å². The molecular weight excluding hydrogens is 258 g/mol. The maximum absolute atomic E-state index is 5.79. The van der Waals surface area contributed by atoms with Gasteiger partial charge in [-0.3, -0.25) is 0 Å². The molecule has 1 N–H and O–H groups in total. The van der Waals surface area contributed by atoms with Gasteiger partial charge < -0.3 is 14.8 Å². The van der Waals surface area contributed by atoms with Crippen molar-refractivity contribution >= 4 is 11.3 Å². The molecule has 4 heteroatoms. The second kappa shape index (κ2) is 7.16. The molecule has 102 valence electrons. The third-order valence-corrected chi connectivity index (χ3v) is 3.57. The summed E-state index contributed by atoms with van der Waals surface area (Å²) < 4.78 is 11.2. The molecular formula is C15H19NO2S. The van der Waals surface area contributed by atoms with Crippen molar-refractivity contribution in [3.63, 3.8) is 0 Å². The number of thiophene rings is 1. The third kappa shape index (κ3) is 3.98. The average Bonchev–Trinajstić information content (AvgIpc) is 2.93. The van der Waals surface area contributed by atoms with Gasteiger partial charge in [0.2, 0.25) is 0 Å². The van der Waals surface area contributed by atoms with Crippen molar-refractivity contribution in [2.75, 3.05) is 20.8 Å². The molecule has 0 saturated carbocycles. The van der Waals surface area contributed by atoms with Crippen LogP contribution in [0.15, 0.2) is 35.0 Å². The number of hydrogen-bond donors (Lipinski definition) is 1. The van der Waals surface area contributed by atoms with Gasteiger partial charge in [-0.1, -0.05) is 6.07 Å². The summed E-state index contributed by atoms with van der Waals surface area (Å²) in [5.41, 5.74) is 2.50. The van der Waals surface area contributed by atoms with Crippen molar-refractivity contribution in [2.45, 2.75) is 13.0 Å². The van der Waals surface area contributed by atoms with Crippen molar-refractivity contribution in [3.8, 4) is 11.5 Å². The average molecular weight is 277 g/mol. The van der Waals surface area contributed by atoms with E-state index in [-0.39, 0.29) is 0 Å². The zero-order chi connectivity index (χ0) is 13.5. The summed E-state index contributed by atoms with van der Waals surface area (Å²) in [7, 11) is 3.60. The summed E-state index contributed by atoms with van der Waals surface area (Å²) in [4.78, 5) is 0. The first-order chi connectivity index (χ1) is 9.33. The summed E-state index contributed by atoms with van der Waals surface area (Å²) in [5, 5.41) is 7.36. The topological polar surface area (TPSA) is 30.5 Å². The first kappa shape index (κ1) is 13.9. The van der Waals surface area contributed by atoms with E-state index in [1.54, 1.807) is 18.4 Å². The lowest BCUT2D eigenvalue weighted by atomic mass is 10.2. The Morgan fingerprint density at radius 2 is 2.05 bits per heavy atom. The van der Waals surface area contributed by atoms with Crippen molar-refractivity contribution in [1.29, 1.82) is 0 Å². The molecule has 3 nitrogen and oxygen atoms in total. The fourth-order valence-corrected chi connectivity index (χ4v) is 2.56. The van der Waals surface area contributed by atoms with Crippen LogP contribution in [0.25, 0.3) is 0 Å². The van der Waals surface area contributed by atoms with Crippen molar-refractivity contribution in [1.82, 2.24) is 5.32 Å². The summed E-state index contributed by atoms with van der Waals surface area (Å²) >= 11 is 1.71. The molecule has 0 atom stereocenters. The molecule has 1 heterocycles. The predicted molar refractivity (Wildman–Crippen MR) is 79.3 cm³/mol. The highest BCUT2D eigenvalue weighted by molar-refractivity contribution is 7.07. The lowest BCUT2D eigenvalue weighted by Gasteiger charge is -2.12. The summed E-state index contributed by atoms with van der Waals surface area (Å²) in [6.07, 6.45) is 0.922. The molecule has 2 aromatic rings. The first-order valence-electron chi connectivity index (χ1n) is 6.29. The molecule has 0 spiro atoms. The Balaban J connectivity index is 1.95. The van der Waals surface area contributed by atoms with E-state index < -0.39 is 0 Å². The number of methoxy groups -OCH3 is 1. The van der Waals surface area contributed by atoms with Gasteiger partial charge in [0.05, 0.1) is 13.7 Å². The molecule has 0 unspecified atom stereocenters. The summed E-state index contributed by atoms with van der Waals surface area (Å²) in [5.74, 6) is 1.59. The molecule has 0 aliphatic heterocycles. The zero-order valence-corrected chi connectivity index (χ0v) is 12.1. The van der Waals surface area contributed by atoms with E-state index in [1.807, 2.05) is 19.2 Å². The maximum atomic E-state index is 5.79. The van der Waals surface area contributed by atoms with Crippen molar-refractivity contribution in [3.05, 3.63) is 46.2 Å². The summed E-state index contributed by atoms with van der Waals surface area (Å²) in [6.45, 7) is 1.49. The van der Waals surface area contributed by atoms with Crippen LogP contribution in [0.5, 0.6) is 11.5 Å². The monoisotopic (exact) mass is 277 g/mol. The molecule has 2 rings (SSSR count). The Kier molecular flexibility index (Phi) is 5.24. The van der Waals surface area contributed by atoms with Gasteiger partial charge >= 0.3 is 0 Å². The number of ether oxygens (including phenoxy) is 2. The van der Waals surface area contributed by atoms with Crippen LogP contribution in [0.4, 0.5) is 0 Å². The van der Waals surface area contributed by atoms with Gasteiger partial charge in [-0.15, -0.1) is 0 Å². The molecule has 0 fully saturated rings. The second-order valence-electron chi connectivity index (χ2n) is 4.25. The molecule has 0 aliphatic carbocycles. The van der Waals surface area contributed by atoms with E-state index in [0.717, 1.165) is 24.5 Å². The Bertz CT molecular complexity index is 497. The Hall–Kier alpha value is -1.52. The SMILES string of the molecule is CNCc1ccc(OCCc2ccsc2)c(OC)c1. The molecule has 19 heavy (non-hydrogen) atoms. The van der Waals surface area contributed by atoms with Crippen molar-refractivity contribution < 1.29 is 9.47 Å². The van der Waals surface area contributed by atoms with E-state index in [0.29, 0.717) is 6.61 Å². The van der Waals surface area contributed by atoms with Gasteiger partial charge in [-0.05, 0) is 47.1 Å². The van der Waals surface area contributed by atoms with Crippen LogP contribution in [0.1, 0.15) is 11.1 Å². The van der Waals surface area contributed by atoms with Crippen LogP contribution in [-0.2, 0) is 13.0 Å². The quantitative estimate of drug-likeness (QED) is 0.843. The standard InChI is InChI=1S/C15H19NO2S/c1-16-10-13-3-4-14(15(9-13)17-2)18-7-5-12-6-8-19-11-12/h3-4,6,8-9,11,16H,5,7,10H2,1-2H3. The van der Waals surface area contributed by atoms with Crippen LogP contribution >= 0.6 is 11.3 Å². The van der Waals surface area contributed by atoms with Crippen LogP contribution in [-0.4, -0.2) is 20.8 Å². The van der Waals surface area contributed by atoms with E-state index >= 15 is 0 Å². The number of hydrogen-bond acceptors (Lipinski definition) is 4. The fraction of sp³-hybridized carbons (Fsp3) is 0.333. The second-order valence-corrected chi connectivity index (χ2v) is 5.03. The largest absolute Gasteiger partial charge is 0.493 e. The smallest absolute Gasteiger partial charge is 0.161 e. The van der Waals surface area contributed by atoms with Gasteiger partial charge in [0, 0.05) is 13.0 Å². The highest BCUT2D eigenvalue weighted by Crippen LogP contribution is 2.28. The van der Waals surface area contributed by atoms with Crippen LogP contribution in [0.3, 0.4) is 0 Å². The van der Waals surface area contributed by atoms with Gasteiger partial charge in [0.1, 0.15) is 0 Å². The van der Waals surface area contributed by atoms with E-state index in [2.05, 4.69) is 28.2 Å². The Labute approximate surface area is 118 Å². The van der Waals surface area contributed by atoms with E-state index in [9.17, 15) is 0 Å². The summed E-state index contributed by atoms with van der Waals surface area (Å²) in [6, 6.07) is 8.16. The minimum Gasteiger partial charge on any atom is -0.493 e. The number of nitrogens with one attached hydrogen (secondary N) is 1. The predicted octanol–water partition coefficient (Wildman–Crippen LogP) is 3.10. The van der Waals surface area contributed by atoms with Gasteiger partial charge in [-0.25, -0.2) is 0 Å². The minimum atomic E-state index is 0.665. The van der Waals surface area contributed by atoms with Gasteiger partial charge in [0.25, 0.3) is 0 Å². The van der Waals surface area contributed by atoms with Crippen molar-refractivity contribution in [2.24, 2.45) is 0 Å². The highest BCUT2D eigenvalue weighted by Gasteiger charge is 2.05. The Morgan fingerprint density at radius 3 is 2.74 bits per heavy atom. The van der Waals surface area contributed by atoms with Crippen LogP contribution in [0, 0.1) is 0 Å². The normalized spacial score (nSPS) is 10.4. The van der Waals surface area contributed by atoms with E-state index in [1.165, 1.54) is 11.1 Å². The zero-order valence-electron chi connectivity index (χ0n) is 11.3.